The molecule has 2 aromatic rings. The first-order chi connectivity index (χ1) is 11.2. The minimum absolute atomic E-state index is 0. The smallest absolute Gasteiger partial charge is 0.139 e. The maximum absolute atomic E-state index is 6.33. The van der Waals surface area contributed by atoms with Crippen LogP contribution in [-0.2, 0) is 11.3 Å². The normalized spacial score (nSPS) is 17.7. The predicted molar refractivity (Wildman–Crippen MR) is 100 cm³/mol. The average molecular weight is 437 g/mol. The number of rotatable bonds is 5. The van der Waals surface area contributed by atoms with E-state index in [4.69, 9.17) is 25.5 Å². The summed E-state index contributed by atoms with van der Waals surface area (Å²) in [6.45, 7) is 3.28. The van der Waals surface area contributed by atoms with Gasteiger partial charge >= 0.3 is 0 Å². The summed E-state index contributed by atoms with van der Waals surface area (Å²) in [4.78, 5) is 2.32. The number of halogens is 3. The topological polar surface area (TPSA) is 34.8 Å². The number of ether oxygens (including phenoxy) is 2. The summed E-state index contributed by atoms with van der Waals surface area (Å²) in [7, 11) is 1.72. The zero-order valence-corrected chi connectivity index (χ0v) is 16.5. The lowest BCUT2D eigenvalue weighted by atomic mass is 10.1. The lowest BCUT2D eigenvalue weighted by molar-refractivity contribution is 0.129. The molecular formula is C17H20BrCl2NO3. The Kier molecular flexibility index (Phi) is 7.44. The fraction of sp³-hybridized carbons (Fsp3) is 0.412. The SMILES string of the molecule is COCCN1CCC(Oc2cccc(Br)c2Cl)c2ccoc2C1.Cl. The van der Waals surface area contributed by atoms with Crippen LogP contribution in [0.2, 0.25) is 5.02 Å². The van der Waals surface area contributed by atoms with Crippen LogP contribution in [0, 0.1) is 0 Å². The van der Waals surface area contributed by atoms with Crippen LogP contribution in [-0.4, -0.2) is 31.7 Å². The van der Waals surface area contributed by atoms with Crippen molar-refractivity contribution in [2.45, 2.75) is 19.1 Å². The van der Waals surface area contributed by atoms with Gasteiger partial charge in [-0.1, -0.05) is 17.7 Å². The molecule has 1 aromatic heterocycles. The second kappa shape index (κ2) is 9.11. The Morgan fingerprint density at radius 3 is 3.00 bits per heavy atom. The molecule has 0 amide bonds. The van der Waals surface area contributed by atoms with Crippen molar-refractivity contribution >= 4 is 39.9 Å². The molecule has 2 heterocycles. The van der Waals surface area contributed by atoms with Crippen LogP contribution >= 0.6 is 39.9 Å². The molecule has 1 aliphatic heterocycles. The first-order valence-corrected chi connectivity index (χ1v) is 8.74. The van der Waals surface area contributed by atoms with Crippen LogP contribution in [0.1, 0.15) is 23.8 Å². The third-order valence-corrected chi connectivity index (χ3v) is 5.28. The molecule has 0 saturated heterocycles. The molecular weight excluding hydrogens is 417 g/mol. The van der Waals surface area contributed by atoms with E-state index < -0.39 is 0 Å². The Bertz CT molecular complexity index is 665. The Morgan fingerprint density at radius 2 is 2.21 bits per heavy atom. The Balaban J connectivity index is 0.00000208. The fourth-order valence-electron chi connectivity index (χ4n) is 2.77. The van der Waals surface area contributed by atoms with Gasteiger partial charge in [-0.3, -0.25) is 4.90 Å². The van der Waals surface area contributed by atoms with Gasteiger partial charge in [-0.2, -0.15) is 0 Å². The number of hydrogen-bond acceptors (Lipinski definition) is 4. The first kappa shape index (κ1) is 19.6. The molecule has 0 N–H and O–H groups in total. The van der Waals surface area contributed by atoms with E-state index in [1.165, 1.54) is 0 Å². The van der Waals surface area contributed by atoms with Gasteiger partial charge in [0.1, 0.15) is 17.6 Å². The maximum atomic E-state index is 6.33. The minimum atomic E-state index is -0.0666. The summed E-state index contributed by atoms with van der Waals surface area (Å²) in [5.74, 6) is 1.64. The van der Waals surface area contributed by atoms with Crippen molar-refractivity contribution in [3.63, 3.8) is 0 Å². The van der Waals surface area contributed by atoms with Gasteiger partial charge in [0, 0.05) is 36.7 Å². The summed E-state index contributed by atoms with van der Waals surface area (Å²) in [6, 6.07) is 7.70. The van der Waals surface area contributed by atoms with E-state index in [9.17, 15) is 0 Å². The van der Waals surface area contributed by atoms with Gasteiger partial charge in [0.25, 0.3) is 0 Å². The van der Waals surface area contributed by atoms with E-state index in [-0.39, 0.29) is 18.5 Å². The molecule has 0 radical (unpaired) electrons. The highest BCUT2D eigenvalue weighted by atomic mass is 79.9. The second-order valence-electron chi connectivity index (χ2n) is 5.52. The molecule has 0 spiro atoms. The Hall–Kier alpha value is -0.720. The minimum Gasteiger partial charge on any atom is -0.484 e. The molecule has 3 rings (SSSR count). The molecule has 0 saturated carbocycles. The number of furan rings is 1. The van der Waals surface area contributed by atoms with Crippen molar-refractivity contribution < 1.29 is 13.9 Å². The van der Waals surface area contributed by atoms with Crippen LogP contribution in [0.5, 0.6) is 5.75 Å². The van der Waals surface area contributed by atoms with Gasteiger partial charge in [-0.05, 0) is 34.1 Å². The number of methoxy groups -OCH3 is 1. The van der Waals surface area contributed by atoms with Crippen LogP contribution in [0.3, 0.4) is 0 Å². The van der Waals surface area contributed by atoms with E-state index in [1.807, 2.05) is 24.3 Å². The zero-order chi connectivity index (χ0) is 16.2. The third-order valence-electron chi connectivity index (χ3n) is 4.00. The lowest BCUT2D eigenvalue weighted by Gasteiger charge is -2.20. The molecule has 0 bridgehead atoms. The molecule has 1 atom stereocenters. The molecule has 7 heteroatoms. The van der Waals surface area contributed by atoms with Gasteiger partial charge < -0.3 is 13.9 Å². The van der Waals surface area contributed by atoms with Crippen molar-refractivity contribution in [2.75, 3.05) is 26.8 Å². The van der Waals surface area contributed by atoms with Crippen LogP contribution in [0.4, 0.5) is 0 Å². The monoisotopic (exact) mass is 435 g/mol. The van der Waals surface area contributed by atoms with E-state index >= 15 is 0 Å². The molecule has 0 fully saturated rings. The van der Waals surface area contributed by atoms with E-state index in [1.54, 1.807) is 13.4 Å². The quantitative estimate of drug-likeness (QED) is 0.653. The van der Waals surface area contributed by atoms with Crippen LogP contribution < -0.4 is 4.74 Å². The van der Waals surface area contributed by atoms with Crippen molar-refractivity contribution in [2.24, 2.45) is 0 Å². The van der Waals surface area contributed by atoms with Crippen molar-refractivity contribution in [3.8, 4) is 5.75 Å². The Morgan fingerprint density at radius 1 is 1.38 bits per heavy atom. The largest absolute Gasteiger partial charge is 0.484 e. The van der Waals surface area contributed by atoms with Crippen molar-refractivity contribution in [1.29, 1.82) is 0 Å². The highest BCUT2D eigenvalue weighted by molar-refractivity contribution is 9.10. The molecule has 132 valence electrons. The van der Waals surface area contributed by atoms with E-state index in [2.05, 4.69) is 20.8 Å². The highest BCUT2D eigenvalue weighted by Crippen LogP contribution is 2.37. The Labute approximate surface area is 161 Å². The van der Waals surface area contributed by atoms with Gasteiger partial charge in [-0.25, -0.2) is 0 Å². The number of benzene rings is 1. The molecule has 1 unspecified atom stereocenters. The molecule has 1 aromatic carbocycles. The van der Waals surface area contributed by atoms with Gasteiger partial charge in [-0.15, -0.1) is 12.4 Å². The fourth-order valence-corrected chi connectivity index (χ4v) is 3.28. The van der Waals surface area contributed by atoms with Crippen LogP contribution in [0.15, 0.2) is 39.4 Å². The zero-order valence-electron chi connectivity index (χ0n) is 13.3. The van der Waals surface area contributed by atoms with Gasteiger partial charge in [0.05, 0.1) is 24.4 Å². The van der Waals surface area contributed by atoms with E-state index in [0.29, 0.717) is 17.4 Å². The summed E-state index contributed by atoms with van der Waals surface area (Å²) < 4.78 is 17.9. The van der Waals surface area contributed by atoms with E-state index in [0.717, 1.165) is 41.9 Å². The van der Waals surface area contributed by atoms with Gasteiger partial charge in [0.2, 0.25) is 0 Å². The average Bonchev–Trinajstić information content (AvgIpc) is 2.94. The molecule has 4 nitrogen and oxygen atoms in total. The third kappa shape index (κ3) is 4.46. The maximum Gasteiger partial charge on any atom is 0.139 e. The van der Waals surface area contributed by atoms with Crippen molar-refractivity contribution in [3.05, 3.63) is 51.3 Å². The standard InChI is InChI=1S/C17H19BrClNO3.ClH/c1-21-10-8-20-7-5-14(12-6-9-22-16(12)11-20)23-15-4-2-3-13(18)17(15)19;/h2-4,6,9,14H,5,7-8,10-11H2,1H3;1H. The summed E-state index contributed by atoms with van der Waals surface area (Å²) in [5.41, 5.74) is 1.10. The predicted octanol–water partition coefficient (Wildman–Crippen LogP) is 5.09. The molecule has 24 heavy (non-hydrogen) atoms. The number of hydrogen-bond donors (Lipinski definition) is 0. The lowest BCUT2D eigenvalue weighted by Crippen LogP contribution is -2.27. The second-order valence-corrected chi connectivity index (χ2v) is 6.75. The highest BCUT2D eigenvalue weighted by Gasteiger charge is 2.26. The summed E-state index contributed by atoms with van der Waals surface area (Å²) in [5, 5.41) is 0.595. The molecule has 0 aliphatic carbocycles. The van der Waals surface area contributed by atoms with Crippen molar-refractivity contribution in [1.82, 2.24) is 4.90 Å². The summed E-state index contributed by atoms with van der Waals surface area (Å²) >= 11 is 9.77. The molecule has 1 aliphatic rings. The van der Waals surface area contributed by atoms with Gasteiger partial charge in [0.15, 0.2) is 0 Å². The number of fused-ring (bicyclic) bond motifs is 1. The number of nitrogens with zero attached hydrogens (tertiary/aromatic N) is 1. The first-order valence-electron chi connectivity index (χ1n) is 7.57. The van der Waals surface area contributed by atoms with Crippen LogP contribution in [0.25, 0.3) is 0 Å². The summed E-state index contributed by atoms with van der Waals surface area (Å²) in [6.07, 6.45) is 2.53.